The largest absolute Gasteiger partial charge is 0.301 e. The van der Waals surface area contributed by atoms with Crippen molar-refractivity contribution in [1.29, 1.82) is 0 Å². The maximum Gasteiger partial charge on any atom is 0.238 e. The quantitative estimate of drug-likeness (QED) is 0.148. The van der Waals surface area contributed by atoms with Gasteiger partial charge in [-0.1, -0.05) is 85.8 Å². The second-order valence-corrected chi connectivity index (χ2v) is 13.8. The summed E-state index contributed by atoms with van der Waals surface area (Å²) in [6.07, 6.45) is 0. The first-order valence-corrected chi connectivity index (χ1v) is 14.9. The highest BCUT2D eigenvalue weighted by atomic mass is 32.9. The van der Waals surface area contributed by atoms with E-state index in [9.17, 15) is 4.79 Å². The number of thioether (sulfide) groups is 1. The maximum absolute atomic E-state index is 13.6. The topological polar surface area (TPSA) is 38.1 Å². The second-order valence-electron chi connectivity index (χ2n) is 8.14. The van der Waals surface area contributed by atoms with Crippen LogP contribution in [0.1, 0.15) is 24.3 Å². The number of aromatic nitrogens is 2. The first-order chi connectivity index (χ1) is 15.8. The molecule has 1 amide bonds. The average molecular weight is 546 g/mol. The van der Waals surface area contributed by atoms with Crippen molar-refractivity contribution in [3.63, 3.8) is 0 Å². The van der Waals surface area contributed by atoms with Gasteiger partial charge < -0.3 is 4.90 Å². The number of amides is 1. The summed E-state index contributed by atoms with van der Waals surface area (Å²) in [6.45, 7) is 6.27. The predicted octanol–water partition coefficient (Wildman–Crippen LogP) is 7.87. The minimum atomic E-state index is -0.483. The number of fused-ring (bicyclic) bond motifs is 3. The molecule has 5 rings (SSSR count). The lowest BCUT2D eigenvalue weighted by Crippen LogP contribution is -2.48. The van der Waals surface area contributed by atoms with Gasteiger partial charge in [-0.25, -0.2) is 4.68 Å². The summed E-state index contributed by atoms with van der Waals surface area (Å²) in [5, 5.41) is 4.64. The lowest BCUT2D eigenvalue weighted by molar-refractivity contribution is -0.117. The van der Waals surface area contributed by atoms with Gasteiger partial charge in [0.15, 0.2) is 8.29 Å². The van der Waals surface area contributed by atoms with Crippen molar-refractivity contribution in [3.05, 3.63) is 66.7 Å². The van der Waals surface area contributed by atoms with Crippen molar-refractivity contribution in [2.75, 3.05) is 10.7 Å². The molecule has 0 unspecified atom stereocenters. The highest BCUT2D eigenvalue weighted by Gasteiger charge is 2.42. The van der Waals surface area contributed by atoms with E-state index in [0.717, 1.165) is 41.1 Å². The molecule has 1 aliphatic heterocycles. The van der Waals surface area contributed by atoms with Gasteiger partial charge >= 0.3 is 0 Å². The second kappa shape index (κ2) is 8.83. The standard InChI is InChI=1S/C23H19N3OS6/c1-13-9-10-16-15(11-13)18-19(32-33-20(18)28)23(2,3)25(16)17(27)12-30-21-24-26(22(29)31-21)14-7-5-4-6-8-14/h4-11H,12H2,1-3H3. The number of rotatable bonds is 4. The summed E-state index contributed by atoms with van der Waals surface area (Å²) >= 11 is 14.0. The Morgan fingerprint density at radius 1 is 1.12 bits per heavy atom. The summed E-state index contributed by atoms with van der Waals surface area (Å²) in [5.41, 5.74) is 4.67. The van der Waals surface area contributed by atoms with E-state index >= 15 is 0 Å². The van der Waals surface area contributed by atoms with E-state index in [2.05, 4.69) is 38.0 Å². The Kier molecular flexibility index (Phi) is 6.17. The monoisotopic (exact) mass is 545 g/mol. The third-order valence-electron chi connectivity index (χ3n) is 5.51. The molecule has 0 spiro atoms. The molecule has 0 N–H and O–H groups in total. The Bertz CT molecular complexity index is 1480. The smallest absolute Gasteiger partial charge is 0.238 e. The number of hydrogen-bond donors (Lipinski definition) is 0. The predicted molar refractivity (Wildman–Crippen MR) is 147 cm³/mol. The maximum atomic E-state index is 13.6. The fraction of sp³-hybridized carbons (Fsp3) is 0.217. The van der Waals surface area contributed by atoms with Gasteiger partial charge in [-0.15, -0.1) is 5.10 Å². The fourth-order valence-corrected chi connectivity index (χ4v) is 9.52. The molecule has 1 aliphatic rings. The van der Waals surface area contributed by atoms with Crippen LogP contribution in [-0.4, -0.2) is 21.4 Å². The molecule has 0 saturated heterocycles. The Hall–Kier alpha value is -1.69. The van der Waals surface area contributed by atoms with Crippen molar-refractivity contribution >= 4 is 79.8 Å². The number of nitrogens with zero attached hydrogens (tertiary/aromatic N) is 3. The Labute approximate surface area is 217 Å². The zero-order valence-electron chi connectivity index (χ0n) is 18.0. The van der Waals surface area contributed by atoms with Gasteiger partial charge in [-0.05, 0) is 57.3 Å². The van der Waals surface area contributed by atoms with E-state index in [4.69, 9.17) is 24.4 Å². The Morgan fingerprint density at radius 3 is 2.64 bits per heavy atom. The molecule has 0 fully saturated rings. The van der Waals surface area contributed by atoms with E-state index in [0.29, 0.717) is 3.95 Å². The van der Waals surface area contributed by atoms with Crippen molar-refractivity contribution < 1.29 is 4.79 Å². The van der Waals surface area contributed by atoms with E-state index in [1.165, 1.54) is 23.1 Å². The Balaban J connectivity index is 1.46. The summed E-state index contributed by atoms with van der Waals surface area (Å²) < 4.78 is 4.09. The third kappa shape index (κ3) is 4.06. The zero-order valence-corrected chi connectivity index (χ0v) is 22.9. The SMILES string of the molecule is Cc1ccc2c(c1)-c1c(ssc1=S)C(C)(C)N2C(=O)CSc1nn(-c2ccccc2)c(=S)s1. The van der Waals surface area contributed by atoms with Crippen molar-refractivity contribution in [2.45, 2.75) is 30.6 Å². The highest BCUT2D eigenvalue weighted by Crippen LogP contribution is 2.52. The summed E-state index contributed by atoms with van der Waals surface area (Å²) in [7, 11) is 3.29. The van der Waals surface area contributed by atoms with Crippen LogP contribution < -0.4 is 4.90 Å². The number of anilines is 1. The molecule has 4 aromatic rings. The van der Waals surface area contributed by atoms with Gasteiger partial charge in [0.05, 0.1) is 27.5 Å². The van der Waals surface area contributed by atoms with Crippen LogP contribution in [0.3, 0.4) is 0 Å². The van der Waals surface area contributed by atoms with E-state index in [-0.39, 0.29) is 11.7 Å². The van der Waals surface area contributed by atoms with E-state index in [1.54, 1.807) is 25.4 Å². The first kappa shape index (κ1) is 23.1. The van der Waals surface area contributed by atoms with E-state index in [1.807, 2.05) is 41.3 Å². The normalized spacial score (nSPS) is 14.1. The first-order valence-electron chi connectivity index (χ1n) is 10.1. The summed E-state index contributed by atoms with van der Waals surface area (Å²) in [5.74, 6) is 0.316. The number of benzene rings is 2. The molecule has 0 aliphatic carbocycles. The summed E-state index contributed by atoms with van der Waals surface area (Å²) in [6, 6.07) is 16.1. The van der Waals surface area contributed by atoms with Crippen LogP contribution >= 0.6 is 68.2 Å². The van der Waals surface area contributed by atoms with Gasteiger partial charge in [0, 0.05) is 11.1 Å². The molecule has 10 heteroatoms. The average Bonchev–Trinajstić information content (AvgIpc) is 3.36. The molecule has 2 aromatic heterocycles. The lowest BCUT2D eigenvalue weighted by Gasteiger charge is -2.43. The van der Waals surface area contributed by atoms with Crippen LogP contribution in [0.15, 0.2) is 52.9 Å². The minimum absolute atomic E-state index is 0.0393. The molecule has 168 valence electrons. The highest BCUT2D eigenvalue weighted by molar-refractivity contribution is 8.01. The molecule has 33 heavy (non-hydrogen) atoms. The Morgan fingerprint density at radius 2 is 1.88 bits per heavy atom. The van der Waals surface area contributed by atoms with Crippen LogP contribution in [0.4, 0.5) is 5.69 Å². The fourth-order valence-electron chi connectivity index (χ4n) is 4.03. The van der Waals surface area contributed by atoms with Crippen LogP contribution in [0.25, 0.3) is 16.8 Å². The molecule has 3 heterocycles. The third-order valence-corrected chi connectivity index (χ3v) is 11.2. The molecular formula is C23H19N3OS6. The number of hydrogen-bond acceptors (Lipinski definition) is 8. The van der Waals surface area contributed by atoms with Crippen LogP contribution in [0, 0.1) is 14.7 Å². The van der Waals surface area contributed by atoms with Gasteiger partial charge in [0.25, 0.3) is 0 Å². The van der Waals surface area contributed by atoms with Crippen LogP contribution in [0.5, 0.6) is 0 Å². The van der Waals surface area contributed by atoms with Crippen molar-refractivity contribution in [1.82, 2.24) is 9.78 Å². The molecule has 0 bridgehead atoms. The molecule has 0 atom stereocenters. The lowest BCUT2D eigenvalue weighted by atomic mass is 9.87. The minimum Gasteiger partial charge on any atom is -0.301 e. The van der Waals surface area contributed by atoms with Gasteiger partial charge in [-0.3, -0.25) is 4.79 Å². The number of para-hydroxylation sites is 1. The van der Waals surface area contributed by atoms with Gasteiger partial charge in [0.2, 0.25) is 5.91 Å². The molecule has 4 nitrogen and oxygen atoms in total. The molecule has 0 radical (unpaired) electrons. The molecular weight excluding hydrogens is 527 g/mol. The van der Waals surface area contributed by atoms with Crippen molar-refractivity contribution in [3.8, 4) is 16.8 Å². The molecule has 2 aromatic carbocycles. The number of aryl methyl sites for hydroxylation is 1. The van der Waals surface area contributed by atoms with Crippen molar-refractivity contribution in [2.24, 2.45) is 0 Å². The van der Waals surface area contributed by atoms with Gasteiger partial charge in [0.1, 0.15) is 3.82 Å². The summed E-state index contributed by atoms with van der Waals surface area (Å²) in [4.78, 5) is 16.7. The van der Waals surface area contributed by atoms with E-state index < -0.39 is 5.54 Å². The number of carbonyl (C=O) groups is 1. The molecule has 0 saturated carbocycles. The van der Waals surface area contributed by atoms with Crippen LogP contribution in [-0.2, 0) is 10.3 Å². The zero-order chi connectivity index (χ0) is 23.3. The van der Waals surface area contributed by atoms with Gasteiger partial charge in [-0.2, -0.15) is 0 Å². The number of carbonyl (C=O) groups excluding carboxylic acids is 1. The van der Waals surface area contributed by atoms with Crippen LogP contribution in [0.2, 0.25) is 0 Å².